The Morgan fingerprint density at radius 1 is 1.53 bits per heavy atom. The molecule has 0 bridgehead atoms. The van der Waals surface area contributed by atoms with Crippen molar-refractivity contribution >= 4 is 60.8 Å². The number of anilines is 1. The molecule has 3 atom stereocenters. The average Bonchev–Trinajstić information content (AvgIpc) is 2.70. The first-order valence-corrected chi connectivity index (χ1v) is 9.07. The predicted molar refractivity (Wildman–Crippen MR) is 85.4 cm³/mol. The maximum atomic E-state index is 11.8. The molecular formula is C11H11BrClN2O2S2+. The van der Waals surface area contributed by atoms with Crippen molar-refractivity contribution in [3.63, 3.8) is 0 Å². The molecule has 8 heteroatoms. The number of nitrogens with one attached hydrogen (secondary N) is 1. The topological polar surface area (TPSA) is 52.6 Å². The Labute approximate surface area is 130 Å². The maximum Gasteiger partial charge on any atom is 0.218 e. The standard InChI is InChI=1S/C11H10BrClN2O2S2/c12-6-1-2-9(7(13)3-6)15-10-5-19(16,17)4-8(10)14-11(15)18/h1-3,8,10H,4-5H2,(H-,14,16,17,18)/p+1/t8-,10+/m1/s1. The van der Waals surface area contributed by atoms with Gasteiger partial charge >= 0.3 is 0 Å². The van der Waals surface area contributed by atoms with Gasteiger partial charge in [0.25, 0.3) is 0 Å². The highest BCUT2D eigenvalue weighted by atomic mass is 79.9. The van der Waals surface area contributed by atoms with Crippen LogP contribution < -0.4 is 10.2 Å². The van der Waals surface area contributed by atoms with Gasteiger partial charge in [0.1, 0.15) is 12.1 Å². The number of hydrogen-bond acceptors (Lipinski definition) is 2. The maximum absolute atomic E-state index is 11.8. The molecule has 2 aliphatic heterocycles. The summed E-state index contributed by atoms with van der Waals surface area (Å²) in [7, 11) is -2.76. The second kappa shape index (κ2) is 4.66. The molecule has 4 nitrogen and oxygen atoms in total. The number of benzene rings is 1. The van der Waals surface area contributed by atoms with E-state index in [2.05, 4.69) is 21.2 Å². The van der Waals surface area contributed by atoms with Crippen molar-refractivity contribution < 1.29 is 8.76 Å². The number of hydrogen-bond donors (Lipinski definition) is 2. The monoisotopic (exact) mass is 381 g/mol. The summed E-state index contributed by atoms with van der Waals surface area (Å²) < 4.78 is 22.5. The largest absolute Gasteiger partial charge is 0.352 e. The van der Waals surface area contributed by atoms with Crippen molar-refractivity contribution in [2.24, 2.45) is 0 Å². The number of rotatable bonds is 1. The van der Waals surface area contributed by atoms with Gasteiger partial charge < -0.3 is 10.2 Å². The molecule has 19 heavy (non-hydrogen) atoms. The van der Waals surface area contributed by atoms with Gasteiger partial charge in [-0.3, -0.25) is 0 Å². The molecule has 2 heterocycles. The minimum Gasteiger partial charge on any atom is -0.352 e. The highest BCUT2D eigenvalue weighted by molar-refractivity contribution is 9.10. The second-order valence-corrected chi connectivity index (χ2v) is 8.62. The Kier molecular flexibility index (Phi) is 3.38. The zero-order chi connectivity index (χ0) is 13.8. The molecule has 1 unspecified atom stereocenters. The Bertz CT molecular complexity index is 612. The Morgan fingerprint density at radius 2 is 2.26 bits per heavy atom. The van der Waals surface area contributed by atoms with Crippen LogP contribution in [0.4, 0.5) is 5.69 Å². The van der Waals surface area contributed by atoms with E-state index in [0.717, 1.165) is 10.2 Å². The molecule has 0 spiro atoms. The van der Waals surface area contributed by atoms with E-state index in [-0.39, 0.29) is 23.6 Å². The second-order valence-electron chi connectivity index (χ2n) is 4.69. The fourth-order valence-electron chi connectivity index (χ4n) is 2.58. The van der Waals surface area contributed by atoms with Crippen LogP contribution in [0.3, 0.4) is 0 Å². The van der Waals surface area contributed by atoms with Gasteiger partial charge in [0.2, 0.25) is 10.2 Å². The molecule has 3 rings (SSSR count). The summed E-state index contributed by atoms with van der Waals surface area (Å²) in [6, 6.07) is 5.34. The lowest BCUT2D eigenvalue weighted by molar-refractivity contribution is 0.502. The van der Waals surface area contributed by atoms with Gasteiger partial charge in [-0.25, -0.2) is 0 Å². The molecule has 2 aliphatic rings. The molecule has 1 aromatic carbocycles. The van der Waals surface area contributed by atoms with E-state index >= 15 is 0 Å². The van der Waals surface area contributed by atoms with E-state index in [4.69, 9.17) is 23.8 Å². The molecular weight excluding hydrogens is 372 g/mol. The van der Waals surface area contributed by atoms with Gasteiger partial charge in [0.15, 0.2) is 16.6 Å². The lowest BCUT2D eigenvalue weighted by atomic mass is 10.1. The van der Waals surface area contributed by atoms with E-state index in [1.54, 1.807) is 6.07 Å². The molecule has 2 N–H and O–H groups in total. The van der Waals surface area contributed by atoms with E-state index in [9.17, 15) is 8.76 Å². The minimum atomic E-state index is -2.76. The summed E-state index contributed by atoms with van der Waals surface area (Å²) in [5, 5.41) is 4.24. The van der Waals surface area contributed by atoms with Crippen molar-refractivity contribution in [3.8, 4) is 0 Å². The molecule has 0 aromatic heterocycles. The molecule has 2 fully saturated rings. The first-order valence-electron chi connectivity index (χ1n) is 5.64. The summed E-state index contributed by atoms with van der Waals surface area (Å²) in [6.07, 6.45) is 0. The van der Waals surface area contributed by atoms with Gasteiger partial charge in [-0.1, -0.05) is 31.7 Å². The number of fused-ring (bicyclic) bond motifs is 1. The van der Waals surface area contributed by atoms with Gasteiger partial charge in [0, 0.05) is 4.47 Å². The highest BCUT2D eigenvalue weighted by Gasteiger charge is 2.54. The Balaban J connectivity index is 2.00. The average molecular weight is 383 g/mol. The number of thiocarbonyl (C=S) groups is 1. The van der Waals surface area contributed by atoms with E-state index < -0.39 is 10.2 Å². The van der Waals surface area contributed by atoms with Crippen LogP contribution in [-0.2, 0) is 14.4 Å². The lowest BCUT2D eigenvalue weighted by Gasteiger charge is -2.23. The van der Waals surface area contributed by atoms with Crippen LogP contribution in [-0.4, -0.2) is 33.3 Å². The van der Waals surface area contributed by atoms with Gasteiger partial charge in [-0.05, 0) is 30.4 Å². The summed E-state index contributed by atoms with van der Waals surface area (Å²) in [5.41, 5.74) is 0.770. The summed E-state index contributed by atoms with van der Waals surface area (Å²) in [5.74, 6) is 0.458. The number of nitrogens with zero attached hydrogens (tertiary/aromatic N) is 1. The molecule has 0 amide bonds. The van der Waals surface area contributed by atoms with Crippen LogP contribution >= 0.6 is 39.7 Å². The SMILES string of the molecule is O=[S+]1(O)C[C@H]2NC(=S)N(c3ccc(Br)cc3Cl)[C@H]2C1. The van der Waals surface area contributed by atoms with E-state index in [0.29, 0.717) is 10.1 Å². The smallest absolute Gasteiger partial charge is 0.218 e. The normalized spacial score (nSPS) is 33.4. The van der Waals surface area contributed by atoms with Crippen LogP contribution in [0.15, 0.2) is 22.7 Å². The fraction of sp³-hybridized carbons (Fsp3) is 0.364. The molecule has 0 radical (unpaired) electrons. The zero-order valence-corrected chi connectivity index (χ0v) is 13.7. The quantitative estimate of drug-likeness (QED) is 0.577. The van der Waals surface area contributed by atoms with Crippen LogP contribution in [0.5, 0.6) is 0 Å². The van der Waals surface area contributed by atoms with Gasteiger partial charge in [0.05, 0.1) is 10.7 Å². The molecule has 0 saturated carbocycles. The van der Waals surface area contributed by atoms with Crippen molar-refractivity contribution in [3.05, 3.63) is 27.7 Å². The van der Waals surface area contributed by atoms with Crippen LogP contribution in [0.2, 0.25) is 5.02 Å². The van der Waals surface area contributed by atoms with Gasteiger partial charge in [-0.15, -0.1) is 0 Å². The van der Waals surface area contributed by atoms with Crippen LogP contribution in [0.25, 0.3) is 0 Å². The highest BCUT2D eigenvalue weighted by Crippen LogP contribution is 2.36. The fourth-order valence-corrected chi connectivity index (χ4v) is 5.65. The third-order valence-electron chi connectivity index (χ3n) is 3.36. The van der Waals surface area contributed by atoms with Crippen molar-refractivity contribution in [2.45, 2.75) is 12.1 Å². The lowest BCUT2D eigenvalue weighted by Crippen LogP contribution is -2.37. The first-order chi connectivity index (χ1) is 8.87. The zero-order valence-electron chi connectivity index (χ0n) is 9.68. The van der Waals surface area contributed by atoms with E-state index in [1.807, 2.05) is 17.0 Å². The predicted octanol–water partition coefficient (Wildman–Crippen LogP) is 2.52. The molecule has 102 valence electrons. The summed E-state index contributed by atoms with van der Waals surface area (Å²) in [6.45, 7) is 0. The Hall–Kier alpha value is -0.210. The minimum absolute atomic E-state index is 0.0790. The first kappa shape index (κ1) is 13.8. The molecule has 1 aromatic rings. The molecule has 2 saturated heterocycles. The van der Waals surface area contributed by atoms with Crippen molar-refractivity contribution in [1.82, 2.24) is 5.32 Å². The Morgan fingerprint density at radius 3 is 2.95 bits per heavy atom. The van der Waals surface area contributed by atoms with E-state index in [1.165, 1.54) is 0 Å². The number of halogens is 2. The van der Waals surface area contributed by atoms with Gasteiger partial charge in [-0.2, -0.15) is 4.55 Å². The van der Waals surface area contributed by atoms with Crippen molar-refractivity contribution in [1.29, 1.82) is 0 Å². The molecule has 0 aliphatic carbocycles. The van der Waals surface area contributed by atoms with Crippen molar-refractivity contribution in [2.75, 3.05) is 16.4 Å². The summed E-state index contributed by atoms with van der Waals surface area (Å²) in [4.78, 5) is 1.86. The van der Waals surface area contributed by atoms with Crippen LogP contribution in [0, 0.1) is 0 Å². The third-order valence-corrected chi connectivity index (χ3v) is 6.22. The summed E-state index contributed by atoms with van der Waals surface area (Å²) >= 11 is 14.9. The van der Waals surface area contributed by atoms with Crippen LogP contribution in [0.1, 0.15) is 0 Å². The third kappa shape index (κ3) is 2.42.